The second kappa shape index (κ2) is 6.56. The molecule has 4 nitrogen and oxygen atoms in total. The third-order valence-electron chi connectivity index (χ3n) is 2.38. The Morgan fingerprint density at radius 2 is 1.74 bits per heavy atom. The molecule has 2 rings (SSSR count). The van der Waals surface area contributed by atoms with Crippen molar-refractivity contribution in [3.63, 3.8) is 0 Å². The van der Waals surface area contributed by atoms with Crippen LogP contribution in [0.3, 0.4) is 0 Å². The smallest absolute Gasteiger partial charge is 0.343 e. The molecule has 2 aromatic rings. The van der Waals surface area contributed by atoms with Crippen LogP contribution in [0.2, 0.25) is 0 Å². The summed E-state index contributed by atoms with van der Waals surface area (Å²) in [5.74, 6) is 0.575. The van der Waals surface area contributed by atoms with E-state index >= 15 is 0 Å². The molecule has 98 valence electrons. The third kappa shape index (κ3) is 3.82. The predicted octanol–water partition coefficient (Wildman–Crippen LogP) is 2.28. The molecular weight excluding hydrogens is 244 g/mol. The summed E-state index contributed by atoms with van der Waals surface area (Å²) in [7, 11) is 0. The molecule has 0 radical (unpaired) electrons. The lowest BCUT2D eigenvalue weighted by molar-refractivity contribution is 0.0734. The second-order valence-corrected chi connectivity index (χ2v) is 3.80. The number of carbonyl (C=O) groups is 1. The first kappa shape index (κ1) is 13.1. The van der Waals surface area contributed by atoms with Crippen LogP contribution in [-0.2, 0) is 0 Å². The lowest BCUT2D eigenvalue weighted by Gasteiger charge is -2.07. The van der Waals surface area contributed by atoms with Gasteiger partial charge in [-0.05, 0) is 30.3 Å². The maximum absolute atomic E-state index is 11.9. The average molecular weight is 258 g/mol. The summed E-state index contributed by atoms with van der Waals surface area (Å²) < 4.78 is 10.5. The van der Waals surface area contributed by atoms with Crippen molar-refractivity contribution in [3.8, 4) is 11.5 Å². The number of benzene rings is 2. The van der Waals surface area contributed by atoms with Crippen LogP contribution in [0.25, 0.3) is 0 Å². The van der Waals surface area contributed by atoms with E-state index in [1.807, 2.05) is 6.07 Å². The minimum absolute atomic E-state index is 0.0707. The Labute approximate surface area is 111 Å². The van der Waals surface area contributed by atoms with Gasteiger partial charge >= 0.3 is 5.97 Å². The van der Waals surface area contributed by atoms with Crippen molar-refractivity contribution in [2.45, 2.75) is 0 Å². The van der Waals surface area contributed by atoms with Gasteiger partial charge < -0.3 is 14.6 Å². The van der Waals surface area contributed by atoms with Crippen molar-refractivity contribution in [2.24, 2.45) is 0 Å². The molecule has 0 aromatic heterocycles. The summed E-state index contributed by atoms with van der Waals surface area (Å²) in [6.07, 6.45) is 0. The number of para-hydroxylation sites is 1. The Kier molecular flexibility index (Phi) is 4.53. The van der Waals surface area contributed by atoms with Gasteiger partial charge in [0.25, 0.3) is 0 Å². The number of esters is 1. The molecule has 0 aliphatic heterocycles. The molecule has 1 N–H and O–H groups in total. The van der Waals surface area contributed by atoms with E-state index in [-0.39, 0.29) is 13.2 Å². The lowest BCUT2D eigenvalue weighted by atomic mass is 10.2. The van der Waals surface area contributed by atoms with Crippen molar-refractivity contribution < 1.29 is 19.4 Å². The van der Waals surface area contributed by atoms with Crippen molar-refractivity contribution in [2.75, 3.05) is 13.2 Å². The van der Waals surface area contributed by atoms with E-state index in [2.05, 4.69) is 0 Å². The first-order valence-electron chi connectivity index (χ1n) is 5.90. The Morgan fingerprint density at radius 3 is 2.47 bits per heavy atom. The summed E-state index contributed by atoms with van der Waals surface area (Å²) in [6, 6.07) is 15.5. The molecule has 0 saturated carbocycles. The standard InChI is InChI=1S/C15H14O4/c16-9-10-18-14-8-4-5-12(11-14)15(17)19-13-6-2-1-3-7-13/h1-8,11,16H,9-10H2. The van der Waals surface area contributed by atoms with E-state index < -0.39 is 5.97 Å². The highest BCUT2D eigenvalue weighted by atomic mass is 16.5. The number of rotatable bonds is 5. The van der Waals surface area contributed by atoms with Gasteiger partial charge in [-0.15, -0.1) is 0 Å². The zero-order chi connectivity index (χ0) is 13.5. The lowest BCUT2D eigenvalue weighted by Crippen LogP contribution is -2.09. The molecule has 0 heterocycles. The predicted molar refractivity (Wildman–Crippen MR) is 70.4 cm³/mol. The molecule has 0 saturated heterocycles. The van der Waals surface area contributed by atoms with E-state index in [0.717, 1.165) is 0 Å². The summed E-state index contributed by atoms with van der Waals surface area (Å²) in [6.45, 7) is 0.121. The van der Waals surface area contributed by atoms with Crippen LogP contribution in [0, 0.1) is 0 Å². The summed E-state index contributed by atoms with van der Waals surface area (Å²) in [5.41, 5.74) is 0.402. The average Bonchev–Trinajstić information content (AvgIpc) is 2.46. The van der Waals surface area contributed by atoms with Gasteiger partial charge in [0.1, 0.15) is 18.1 Å². The van der Waals surface area contributed by atoms with Crippen LogP contribution in [0.5, 0.6) is 11.5 Å². The zero-order valence-electron chi connectivity index (χ0n) is 10.3. The number of aliphatic hydroxyl groups excluding tert-OH is 1. The van der Waals surface area contributed by atoms with Gasteiger partial charge in [-0.25, -0.2) is 4.79 Å². The van der Waals surface area contributed by atoms with Crippen LogP contribution in [0.4, 0.5) is 0 Å². The highest BCUT2D eigenvalue weighted by molar-refractivity contribution is 5.91. The van der Waals surface area contributed by atoms with E-state index in [1.54, 1.807) is 48.5 Å². The second-order valence-electron chi connectivity index (χ2n) is 3.80. The number of carbonyl (C=O) groups excluding carboxylic acids is 1. The SMILES string of the molecule is O=C(Oc1ccccc1)c1cccc(OCCO)c1. The minimum Gasteiger partial charge on any atom is -0.491 e. The molecule has 0 unspecified atom stereocenters. The molecule has 0 fully saturated rings. The summed E-state index contributed by atoms with van der Waals surface area (Å²) in [5, 5.41) is 8.68. The highest BCUT2D eigenvalue weighted by Gasteiger charge is 2.09. The number of ether oxygens (including phenoxy) is 2. The van der Waals surface area contributed by atoms with Crippen molar-refractivity contribution in [3.05, 3.63) is 60.2 Å². The Bertz CT molecular complexity index is 537. The number of hydrogen-bond acceptors (Lipinski definition) is 4. The molecule has 0 spiro atoms. The first-order chi connectivity index (χ1) is 9.29. The fraction of sp³-hybridized carbons (Fsp3) is 0.133. The Hall–Kier alpha value is -2.33. The minimum atomic E-state index is -0.444. The van der Waals surface area contributed by atoms with E-state index in [4.69, 9.17) is 14.6 Å². The molecular formula is C15H14O4. The van der Waals surface area contributed by atoms with Gasteiger partial charge in [0.05, 0.1) is 12.2 Å². The van der Waals surface area contributed by atoms with Gasteiger partial charge in [-0.3, -0.25) is 0 Å². The molecule has 0 amide bonds. The van der Waals surface area contributed by atoms with Gasteiger partial charge in [-0.1, -0.05) is 24.3 Å². The molecule has 0 atom stereocenters. The van der Waals surface area contributed by atoms with Gasteiger partial charge in [0.15, 0.2) is 0 Å². The van der Waals surface area contributed by atoms with Crippen LogP contribution >= 0.6 is 0 Å². The topological polar surface area (TPSA) is 55.8 Å². The van der Waals surface area contributed by atoms with Gasteiger partial charge in [0.2, 0.25) is 0 Å². The zero-order valence-corrected chi connectivity index (χ0v) is 10.3. The van der Waals surface area contributed by atoms with E-state index in [0.29, 0.717) is 17.1 Å². The van der Waals surface area contributed by atoms with E-state index in [9.17, 15) is 4.79 Å². The third-order valence-corrected chi connectivity index (χ3v) is 2.38. The first-order valence-corrected chi connectivity index (χ1v) is 5.90. The van der Waals surface area contributed by atoms with Gasteiger partial charge in [0, 0.05) is 0 Å². The normalized spacial score (nSPS) is 9.95. The summed E-state index contributed by atoms with van der Waals surface area (Å²) >= 11 is 0. The molecule has 19 heavy (non-hydrogen) atoms. The van der Waals surface area contributed by atoms with Crippen LogP contribution in [0.15, 0.2) is 54.6 Å². The molecule has 0 bridgehead atoms. The van der Waals surface area contributed by atoms with Crippen molar-refractivity contribution in [1.82, 2.24) is 0 Å². The largest absolute Gasteiger partial charge is 0.491 e. The summed E-state index contributed by atoms with van der Waals surface area (Å²) in [4.78, 5) is 11.9. The Morgan fingerprint density at radius 1 is 1.00 bits per heavy atom. The van der Waals surface area contributed by atoms with Crippen LogP contribution in [0.1, 0.15) is 10.4 Å². The monoisotopic (exact) mass is 258 g/mol. The molecule has 4 heteroatoms. The Balaban J connectivity index is 2.06. The highest BCUT2D eigenvalue weighted by Crippen LogP contribution is 2.16. The molecule has 2 aromatic carbocycles. The fourth-order valence-electron chi connectivity index (χ4n) is 1.53. The van der Waals surface area contributed by atoms with E-state index in [1.165, 1.54) is 0 Å². The molecule has 0 aliphatic rings. The maximum Gasteiger partial charge on any atom is 0.343 e. The van der Waals surface area contributed by atoms with Crippen LogP contribution in [-0.4, -0.2) is 24.3 Å². The maximum atomic E-state index is 11.9. The van der Waals surface area contributed by atoms with Crippen molar-refractivity contribution in [1.29, 1.82) is 0 Å². The van der Waals surface area contributed by atoms with Gasteiger partial charge in [-0.2, -0.15) is 0 Å². The molecule has 0 aliphatic carbocycles. The quantitative estimate of drug-likeness (QED) is 0.660. The van der Waals surface area contributed by atoms with Crippen LogP contribution < -0.4 is 9.47 Å². The number of hydrogen-bond donors (Lipinski definition) is 1. The van der Waals surface area contributed by atoms with Crippen molar-refractivity contribution >= 4 is 5.97 Å². The number of aliphatic hydroxyl groups is 1. The fourth-order valence-corrected chi connectivity index (χ4v) is 1.53.